The normalized spacial score (nSPS) is 18.5. The monoisotopic (exact) mass is 1100 g/mol. The number of H-pyrrole nitrogens is 1. The Kier molecular flexibility index (Phi) is 16.2. The number of likely N-dealkylation sites (tertiary alicyclic amines) is 1. The average Bonchev–Trinajstić information content (AvgIpc) is 3.78. The van der Waals surface area contributed by atoms with Crippen LogP contribution in [0.4, 0.5) is 10.2 Å². The second-order valence-corrected chi connectivity index (χ2v) is 21.9. The number of pyridine rings is 1. The Morgan fingerprint density at radius 3 is 2.48 bits per heavy atom. The molecule has 1 saturated carbocycles. The minimum absolute atomic E-state index is 0.0385. The number of aromatic nitrogens is 8. The van der Waals surface area contributed by atoms with Crippen molar-refractivity contribution in [2.45, 2.75) is 95.6 Å². The maximum atomic E-state index is 15.9. The molecule has 3 aliphatic heterocycles. The van der Waals surface area contributed by atoms with E-state index >= 15 is 4.39 Å². The van der Waals surface area contributed by atoms with Gasteiger partial charge in [0, 0.05) is 84.2 Å². The second-order valence-electron chi connectivity index (χ2n) is 21.5. The minimum atomic E-state index is -0.586. The van der Waals surface area contributed by atoms with Crippen LogP contribution in [0, 0.1) is 18.7 Å². The molecule has 7 heterocycles. The number of aldehydes is 1. The number of fused-ring (bicyclic) bond motifs is 4. The molecule has 5 atom stereocenters. The SMILES string of the molecule is CNC(CO)c1ccc(-c2cnccc2Cl)cc1.COCCOc1nc(N2CC3CC2CN3)c2cc(C3CC3)c(-c3c(C)c(F)cc4[nH]ncc34)c(OCc3ccc(-c4cn(C(C(=O)N5CCCC5C=O)C(C)C)nn4)cc3)c2n1. The van der Waals surface area contributed by atoms with Crippen LogP contribution in [-0.2, 0) is 20.9 Å². The number of carbonyl (C=O) groups is 2. The molecule has 1 aliphatic carbocycles. The fraction of sp³-hybridized carbons (Fsp3) is 0.400. The zero-order valence-electron chi connectivity index (χ0n) is 45.5. The van der Waals surface area contributed by atoms with Crippen molar-refractivity contribution >= 4 is 51.4 Å². The van der Waals surface area contributed by atoms with E-state index < -0.39 is 12.1 Å². The summed E-state index contributed by atoms with van der Waals surface area (Å²) < 4.78 is 36.0. The third-order valence-electron chi connectivity index (χ3n) is 16.0. The summed E-state index contributed by atoms with van der Waals surface area (Å²) in [6, 6.07) is 21.2. The van der Waals surface area contributed by atoms with Crippen LogP contribution in [0.3, 0.4) is 0 Å². The number of carbonyl (C=O) groups excluding carboxylic acids is 2. The molecule has 5 unspecified atom stereocenters. The van der Waals surface area contributed by atoms with Gasteiger partial charge in [-0.1, -0.05) is 79.2 Å². The number of rotatable bonds is 19. The third kappa shape index (κ3) is 11.0. The molecule has 4 fully saturated rings. The number of hydrogen-bond acceptors (Lipinski definition) is 15. The van der Waals surface area contributed by atoms with Crippen LogP contribution in [0.2, 0.25) is 5.02 Å². The first-order valence-corrected chi connectivity index (χ1v) is 27.8. The van der Waals surface area contributed by atoms with E-state index in [-0.39, 0.29) is 61.5 Å². The van der Waals surface area contributed by atoms with Gasteiger partial charge in [0.25, 0.3) is 0 Å². The Labute approximate surface area is 468 Å². The Morgan fingerprint density at radius 2 is 1.79 bits per heavy atom. The molecule has 4 aromatic heterocycles. The fourth-order valence-electron chi connectivity index (χ4n) is 11.5. The van der Waals surface area contributed by atoms with Crippen LogP contribution in [-0.4, -0.2) is 134 Å². The lowest BCUT2D eigenvalue weighted by atomic mass is 9.88. The number of nitrogens with zero attached hydrogens (tertiary/aromatic N) is 9. The lowest BCUT2D eigenvalue weighted by molar-refractivity contribution is -0.139. The van der Waals surface area contributed by atoms with E-state index in [0.29, 0.717) is 58.7 Å². The van der Waals surface area contributed by atoms with Crippen molar-refractivity contribution < 1.29 is 33.3 Å². The third-order valence-corrected chi connectivity index (χ3v) is 16.3. The van der Waals surface area contributed by atoms with E-state index in [1.807, 2.05) is 76.3 Å². The van der Waals surface area contributed by atoms with E-state index in [1.165, 1.54) is 6.07 Å². The summed E-state index contributed by atoms with van der Waals surface area (Å²) in [7, 11) is 3.45. The van der Waals surface area contributed by atoms with Crippen LogP contribution >= 0.6 is 11.6 Å². The molecule has 80 heavy (non-hydrogen) atoms. The first kappa shape index (κ1) is 54.5. The van der Waals surface area contributed by atoms with Gasteiger partial charge in [-0.2, -0.15) is 15.1 Å². The van der Waals surface area contributed by atoms with Crippen molar-refractivity contribution in [1.29, 1.82) is 0 Å². The molecule has 1 amide bonds. The van der Waals surface area contributed by atoms with Gasteiger partial charge in [0.1, 0.15) is 48.4 Å². The molecule has 0 radical (unpaired) electrons. The van der Waals surface area contributed by atoms with Gasteiger partial charge in [-0.05, 0) is 104 Å². The summed E-state index contributed by atoms with van der Waals surface area (Å²) in [6.45, 7) is 8.90. The summed E-state index contributed by atoms with van der Waals surface area (Å²) in [4.78, 5) is 43.7. The quantitative estimate of drug-likeness (QED) is 0.0440. The molecule has 2 bridgehead atoms. The number of ether oxygens (including phenoxy) is 3. The Balaban J connectivity index is 0.000000319. The number of aliphatic hydroxyl groups excluding tert-OH is 1. The van der Waals surface area contributed by atoms with Crippen molar-refractivity contribution in [2.24, 2.45) is 5.92 Å². The standard InChI is InChI=1S/C46H51FN10O5.C14H15ClN2O/c1-25(2)42(45(59)55-13-5-6-31(55)23-58)57-22-38(53-54-57)29-9-7-27(8-10-29)24-62-43-40(39-26(3)36(47)18-37-35(39)20-49-52-37)33(28-11-12-28)17-34-41(43)50-46(61-15-14-60-4)51-44(34)56-21-30-16-32(56)19-48-30;1-16-14(9-18)11-4-2-10(3-5-11)12-8-17-7-6-13(12)15/h7-10,17-18,20,22-23,25,28,30-32,42,48H,5-6,11-16,19,21,24H2,1-4H3,(H,49,52);2-8,14,16,18H,9H2,1H3. The zero-order chi connectivity index (χ0) is 55.6. The number of anilines is 1. The van der Waals surface area contributed by atoms with Crippen LogP contribution < -0.4 is 25.0 Å². The number of likely N-dealkylation sites (N-methyl/N-ethyl adjacent to an activating group) is 1. The van der Waals surface area contributed by atoms with Crippen molar-refractivity contribution in [1.82, 2.24) is 55.7 Å². The number of hydrogen-bond donors (Lipinski definition) is 4. The first-order chi connectivity index (χ1) is 39.0. The lowest BCUT2D eigenvalue weighted by Gasteiger charge is -2.30. The number of aromatic amines is 1. The van der Waals surface area contributed by atoms with Gasteiger partial charge < -0.3 is 44.5 Å². The molecule has 416 valence electrons. The van der Waals surface area contributed by atoms with E-state index in [0.717, 1.165) is 106 Å². The van der Waals surface area contributed by atoms with Crippen LogP contribution in [0.15, 0.2) is 91.5 Å². The van der Waals surface area contributed by atoms with Gasteiger partial charge >= 0.3 is 6.01 Å². The van der Waals surface area contributed by atoms with Gasteiger partial charge in [0.2, 0.25) is 5.91 Å². The summed E-state index contributed by atoms with van der Waals surface area (Å²) in [5, 5.41) is 34.4. The first-order valence-electron chi connectivity index (χ1n) is 27.5. The Morgan fingerprint density at radius 1 is 0.988 bits per heavy atom. The minimum Gasteiger partial charge on any atom is -0.486 e. The Hall–Kier alpha value is -7.42. The van der Waals surface area contributed by atoms with E-state index in [1.54, 1.807) is 47.5 Å². The highest BCUT2D eigenvalue weighted by molar-refractivity contribution is 6.33. The number of aliphatic hydroxyl groups is 1. The number of amides is 1. The van der Waals surface area contributed by atoms with Crippen LogP contribution in [0.1, 0.15) is 86.2 Å². The predicted octanol–water partition coefficient (Wildman–Crippen LogP) is 8.95. The maximum Gasteiger partial charge on any atom is 0.319 e. The smallest absolute Gasteiger partial charge is 0.319 e. The lowest BCUT2D eigenvalue weighted by Crippen LogP contribution is -2.44. The maximum absolute atomic E-state index is 15.9. The molecule has 4 N–H and O–H groups in total. The number of benzene rings is 4. The fourth-order valence-corrected chi connectivity index (χ4v) is 11.8. The summed E-state index contributed by atoms with van der Waals surface area (Å²) in [5.74, 6) is 1.07. The molecular formula is C60H66ClFN12O6. The molecule has 18 nitrogen and oxygen atoms in total. The molecule has 4 aromatic carbocycles. The average molecular weight is 1110 g/mol. The summed E-state index contributed by atoms with van der Waals surface area (Å²) in [6.07, 6.45) is 12.4. The summed E-state index contributed by atoms with van der Waals surface area (Å²) >= 11 is 6.12. The molecule has 12 rings (SSSR count). The number of methoxy groups -OCH3 is 1. The zero-order valence-corrected chi connectivity index (χ0v) is 46.3. The van der Waals surface area contributed by atoms with E-state index in [9.17, 15) is 14.7 Å². The van der Waals surface area contributed by atoms with E-state index in [4.69, 9.17) is 35.8 Å². The van der Waals surface area contributed by atoms with Crippen molar-refractivity contribution in [3.8, 4) is 45.3 Å². The molecule has 0 spiro atoms. The topological polar surface area (TPSA) is 211 Å². The highest BCUT2D eigenvalue weighted by Crippen LogP contribution is 2.53. The van der Waals surface area contributed by atoms with Gasteiger partial charge in [-0.25, -0.2) is 9.07 Å². The summed E-state index contributed by atoms with van der Waals surface area (Å²) in [5.41, 5.74) is 9.60. The highest BCUT2D eigenvalue weighted by atomic mass is 35.5. The molecular weight excluding hydrogens is 1040 g/mol. The van der Waals surface area contributed by atoms with Crippen molar-refractivity contribution in [2.75, 3.05) is 58.5 Å². The Bertz CT molecular complexity index is 3510. The van der Waals surface area contributed by atoms with Crippen molar-refractivity contribution in [3.63, 3.8) is 0 Å². The van der Waals surface area contributed by atoms with Crippen LogP contribution in [0.25, 0.3) is 55.3 Å². The van der Waals surface area contributed by atoms with E-state index in [2.05, 4.69) is 47.1 Å². The number of halogens is 2. The highest BCUT2D eigenvalue weighted by Gasteiger charge is 2.41. The largest absolute Gasteiger partial charge is 0.486 e. The molecule has 4 aliphatic rings. The molecule has 20 heteroatoms. The number of piperazine rings is 1. The van der Waals surface area contributed by atoms with Crippen LogP contribution in [0.5, 0.6) is 11.8 Å². The predicted molar refractivity (Wildman–Crippen MR) is 304 cm³/mol. The molecule has 8 aromatic rings. The van der Waals surface area contributed by atoms with Gasteiger partial charge in [0.05, 0.1) is 48.2 Å². The van der Waals surface area contributed by atoms with Gasteiger partial charge in [0.15, 0.2) is 5.75 Å². The van der Waals surface area contributed by atoms with Crippen molar-refractivity contribution in [3.05, 3.63) is 125 Å². The van der Waals surface area contributed by atoms with Gasteiger partial charge in [-0.15, -0.1) is 5.10 Å². The second kappa shape index (κ2) is 23.7. The molecule has 3 saturated heterocycles. The number of nitrogens with one attached hydrogen (secondary N) is 3. The van der Waals surface area contributed by atoms with Gasteiger partial charge in [-0.3, -0.25) is 14.9 Å².